The van der Waals surface area contributed by atoms with Gasteiger partial charge in [-0.05, 0) is 28.7 Å². The van der Waals surface area contributed by atoms with Crippen molar-refractivity contribution < 1.29 is 0 Å². The molecule has 0 aliphatic heterocycles. The zero-order chi connectivity index (χ0) is 9.26. The molecule has 0 fully saturated rings. The van der Waals surface area contributed by atoms with Crippen molar-refractivity contribution in [3.05, 3.63) is 32.3 Å². The van der Waals surface area contributed by atoms with Gasteiger partial charge < -0.3 is 0 Å². The summed E-state index contributed by atoms with van der Waals surface area (Å²) in [6.07, 6.45) is 0. The molecular weight excluding hydrogens is 319 g/mol. The Morgan fingerprint density at radius 1 is 1.23 bits per heavy atom. The number of rotatable bonds is 1. The molecule has 0 aliphatic carbocycles. The van der Waals surface area contributed by atoms with Crippen LogP contribution in [0.1, 0.15) is 0 Å². The largest absolute Gasteiger partial charge is 0.178 e. The number of aromatic nitrogens is 2. The fourth-order valence-corrected chi connectivity index (χ4v) is 2.57. The maximum atomic E-state index is 6.00. The molecule has 2 aromatic rings. The molecule has 66 valence electrons. The molecule has 0 atom stereocenters. The molecule has 13 heavy (non-hydrogen) atoms. The molecule has 1 aromatic carbocycles. The number of benzene rings is 1. The monoisotopic (exact) mass is 322 g/mol. The van der Waals surface area contributed by atoms with Crippen LogP contribution in [0.25, 0.3) is 10.6 Å². The van der Waals surface area contributed by atoms with Gasteiger partial charge in [-0.2, -0.15) is 0 Å². The lowest BCUT2D eigenvalue weighted by atomic mass is 10.2. The molecule has 0 radical (unpaired) electrons. The Hall–Kier alpha value is -0.200. The lowest BCUT2D eigenvalue weighted by molar-refractivity contribution is 1.07. The van der Waals surface area contributed by atoms with E-state index in [0.29, 0.717) is 0 Å². The summed E-state index contributed by atoms with van der Waals surface area (Å²) in [5.74, 6) is 0. The van der Waals surface area contributed by atoms with Gasteiger partial charge in [0.05, 0.1) is 5.02 Å². The first-order valence-corrected chi connectivity index (χ1v) is 5.78. The highest BCUT2D eigenvalue weighted by atomic mass is 127. The highest BCUT2D eigenvalue weighted by Crippen LogP contribution is 2.29. The molecule has 0 spiro atoms. The van der Waals surface area contributed by atoms with Gasteiger partial charge in [0.2, 0.25) is 0 Å². The summed E-state index contributed by atoms with van der Waals surface area (Å²) in [5.41, 5.74) is 0.949. The van der Waals surface area contributed by atoms with E-state index < -0.39 is 0 Å². The summed E-state index contributed by atoms with van der Waals surface area (Å²) in [4.78, 5) is 0. The zero-order valence-electron chi connectivity index (χ0n) is 6.37. The van der Waals surface area contributed by atoms with E-state index in [4.69, 9.17) is 11.6 Å². The van der Waals surface area contributed by atoms with Crippen LogP contribution in [0.3, 0.4) is 0 Å². The predicted molar refractivity (Wildman–Crippen MR) is 63.1 cm³/mol. The van der Waals surface area contributed by atoms with Gasteiger partial charge in [-0.25, -0.2) is 0 Å². The van der Waals surface area contributed by atoms with E-state index in [1.807, 2.05) is 24.3 Å². The predicted octanol–water partition coefficient (Wildman–Crippen LogP) is 3.46. The van der Waals surface area contributed by atoms with Crippen molar-refractivity contribution in [3.8, 4) is 10.6 Å². The topological polar surface area (TPSA) is 25.8 Å². The van der Waals surface area contributed by atoms with Crippen molar-refractivity contribution in [3.63, 3.8) is 0 Å². The summed E-state index contributed by atoms with van der Waals surface area (Å²) in [6, 6.07) is 7.64. The van der Waals surface area contributed by atoms with Crippen LogP contribution in [0, 0.1) is 3.01 Å². The van der Waals surface area contributed by atoms with Crippen molar-refractivity contribution >= 4 is 45.5 Å². The van der Waals surface area contributed by atoms with Crippen LogP contribution in [-0.4, -0.2) is 10.2 Å². The highest BCUT2D eigenvalue weighted by molar-refractivity contribution is 14.1. The van der Waals surface area contributed by atoms with Crippen molar-refractivity contribution in [1.82, 2.24) is 10.2 Å². The van der Waals surface area contributed by atoms with Gasteiger partial charge in [-0.15, -0.1) is 10.2 Å². The van der Waals surface area contributed by atoms with Gasteiger partial charge in [-0.1, -0.05) is 41.1 Å². The quantitative estimate of drug-likeness (QED) is 0.751. The minimum Gasteiger partial charge on any atom is -0.137 e. The molecular formula is C8H4ClIN2S. The first kappa shape index (κ1) is 9.36. The molecule has 0 unspecified atom stereocenters. The molecule has 1 aromatic heterocycles. The third-order valence-electron chi connectivity index (χ3n) is 1.50. The number of hydrogen-bond donors (Lipinski definition) is 0. The van der Waals surface area contributed by atoms with Crippen LogP contribution in [0.2, 0.25) is 5.02 Å². The van der Waals surface area contributed by atoms with Gasteiger partial charge in [0.1, 0.15) is 5.01 Å². The smallest absolute Gasteiger partial charge is 0.137 e. The van der Waals surface area contributed by atoms with Gasteiger partial charge in [0.15, 0.2) is 3.01 Å². The Bertz CT molecular complexity index is 430. The van der Waals surface area contributed by atoms with Crippen LogP contribution in [0.15, 0.2) is 24.3 Å². The number of halogens is 2. The fraction of sp³-hybridized carbons (Fsp3) is 0. The first-order valence-electron chi connectivity index (χ1n) is 3.51. The zero-order valence-corrected chi connectivity index (χ0v) is 10.1. The van der Waals surface area contributed by atoms with Gasteiger partial charge >= 0.3 is 0 Å². The van der Waals surface area contributed by atoms with E-state index >= 15 is 0 Å². The van der Waals surface area contributed by atoms with E-state index in [2.05, 4.69) is 32.8 Å². The Balaban J connectivity index is 2.52. The average Bonchev–Trinajstić information content (AvgIpc) is 2.53. The molecule has 0 bridgehead atoms. The Labute approximate surface area is 98.1 Å². The molecule has 0 saturated carbocycles. The Kier molecular flexibility index (Phi) is 2.80. The van der Waals surface area contributed by atoms with Gasteiger partial charge in [-0.3, -0.25) is 0 Å². The Morgan fingerprint density at radius 3 is 2.62 bits per heavy atom. The molecule has 5 heteroatoms. The summed E-state index contributed by atoms with van der Waals surface area (Å²) in [6.45, 7) is 0. The summed E-state index contributed by atoms with van der Waals surface area (Å²) in [7, 11) is 0. The van der Waals surface area contributed by atoms with Crippen LogP contribution < -0.4 is 0 Å². The second-order valence-electron chi connectivity index (χ2n) is 2.34. The van der Waals surface area contributed by atoms with Crippen LogP contribution >= 0.6 is 45.5 Å². The minimum absolute atomic E-state index is 0.718. The average molecular weight is 323 g/mol. The maximum absolute atomic E-state index is 6.00. The molecule has 2 nitrogen and oxygen atoms in total. The first-order chi connectivity index (χ1) is 6.27. The van der Waals surface area contributed by atoms with Gasteiger partial charge in [0.25, 0.3) is 0 Å². The van der Waals surface area contributed by atoms with Crippen molar-refractivity contribution in [2.45, 2.75) is 0 Å². The molecule has 0 saturated heterocycles. The molecule has 0 amide bonds. The van der Waals surface area contributed by atoms with E-state index in [9.17, 15) is 0 Å². The van der Waals surface area contributed by atoms with E-state index in [1.54, 1.807) is 0 Å². The molecule has 0 N–H and O–H groups in total. The molecule has 0 aliphatic rings. The van der Waals surface area contributed by atoms with E-state index in [0.717, 1.165) is 18.6 Å². The second kappa shape index (κ2) is 3.89. The minimum atomic E-state index is 0.718. The summed E-state index contributed by atoms with van der Waals surface area (Å²) < 4.78 is 0.924. The maximum Gasteiger partial charge on any atom is 0.178 e. The van der Waals surface area contributed by atoms with Crippen LogP contribution in [0.5, 0.6) is 0 Å². The summed E-state index contributed by atoms with van der Waals surface area (Å²) >= 11 is 9.68. The lowest BCUT2D eigenvalue weighted by Gasteiger charge is -1.96. The standard InChI is InChI=1S/C8H4ClIN2S/c9-6-4-2-1-3-5(6)7-11-12-8(10)13-7/h1-4H. The van der Waals surface area contributed by atoms with Gasteiger partial charge in [0, 0.05) is 5.56 Å². The van der Waals surface area contributed by atoms with Crippen LogP contribution in [-0.2, 0) is 0 Å². The molecule has 2 rings (SSSR count). The number of nitrogens with zero attached hydrogens (tertiary/aromatic N) is 2. The lowest BCUT2D eigenvalue weighted by Crippen LogP contribution is -1.77. The molecule has 1 heterocycles. The van der Waals surface area contributed by atoms with Crippen molar-refractivity contribution in [2.24, 2.45) is 0 Å². The second-order valence-corrected chi connectivity index (χ2v) is 5.48. The van der Waals surface area contributed by atoms with E-state index in [1.165, 1.54) is 11.3 Å². The van der Waals surface area contributed by atoms with Crippen molar-refractivity contribution in [2.75, 3.05) is 0 Å². The SMILES string of the molecule is Clc1ccccc1-c1nnc(I)s1. The summed E-state index contributed by atoms with van der Waals surface area (Å²) in [5, 5.41) is 9.54. The third kappa shape index (κ3) is 2.00. The fourth-order valence-electron chi connectivity index (χ4n) is 0.949. The normalized spacial score (nSPS) is 10.3. The van der Waals surface area contributed by atoms with E-state index in [-0.39, 0.29) is 0 Å². The third-order valence-corrected chi connectivity index (χ3v) is 3.46. The Morgan fingerprint density at radius 2 is 2.00 bits per heavy atom. The van der Waals surface area contributed by atoms with Crippen LogP contribution in [0.4, 0.5) is 0 Å². The number of hydrogen-bond acceptors (Lipinski definition) is 3. The van der Waals surface area contributed by atoms with Crippen molar-refractivity contribution in [1.29, 1.82) is 0 Å². The highest BCUT2D eigenvalue weighted by Gasteiger charge is 2.07.